The van der Waals surface area contributed by atoms with Crippen LogP contribution in [0, 0.1) is 12.7 Å². The van der Waals surface area contributed by atoms with E-state index in [1.54, 1.807) is 22.9 Å². The molecule has 1 heterocycles. The summed E-state index contributed by atoms with van der Waals surface area (Å²) in [6.07, 6.45) is 0.0121. The first kappa shape index (κ1) is 14.1. The Hall–Kier alpha value is -1.33. The summed E-state index contributed by atoms with van der Waals surface area (Å²) in [4.78, 5) is 0.572. The Balaban J connectivity index is 1.90. The molecule has 102 valence electrons. The summed E-state index contributed by atoms with van der Waals surface area (Å²) in [7, 11) is 1.86. The smallest absolute Gasteiger partial charge is 0.136 e. The Morgan fingerprint density at radius 3 is 2.79 bits per heavy atom. The molecule has 3 nitrogen and oxygen atoms in total. The van der Waals surface area contributed by atoms with Crippen molar-refractivity contribution in [3.8, 4) is 0 Å². The van der Waals surface area contributed by atoms with E-state index in [1.165, 1.54) is 17.8 Å². The monoisotopic (exact) mass is 280 g/mol. The van der Waals surface area contributed by atoms with Crippen LogP contribution in [0.4, 0.5) is 4.39 Å². The highest BCUT2D eigenvalue weighted by molar-refractivity contribution is 7.99. The SMILES string of the molecule is Cc1cc(CC(O)CSc2ccccc2F)n(C)n1. The van der Waals surface area contributed by atoms with Gasteiger partial charge in [-0.15, -0.1) is 11.8 Å². The molecule has 1 atom stereocenters. The molecule has 2 aromatic rings. The fourth-order valence-corrected chi connectivity index (χ4v) is 2.77. The number of rotatable bonds is 5. The van der Waals surface area contributed by atoms with Gasteiger partial charge in [0.1, 0.15) is 5.82 Å². The van der Waals surface area contributed by atoms with Crippen molar-refractivity contribution in [1.29, 1.82) is 0 Å². The van der Waals surface area contributed by atoms with Crippen molar-refractivity contribution < 1.29 is 9.50 Å². The van der Waals surface area contributed by atoms with E-state index in [-0.39, 0.29) is 5.82 Å². The molecular weight excluding hydrogens is 263 g/mol. The lowest BCUT2D eigenvalue weighted by molar-refractivity contribution is 0.197. The summed E-state index contributed by atoms with van der Waals surface area (Å²) in [5.74, 6) is 0.224. The van der Waals surface area contributed by atoms with Crippen LogP contribution in [-0.2, 0) is 13.5 Å². The van der Waals surface area contributed by atoms with E-state index in [9.17, 15) is 9.50 Å². The number of thioether (sulfide) groups is 1. The largest absolute Gasteiger partial charge is 0.392 e. The van der Waals surface area contributed by atoms with Gasteiger partial charge in [0.25, 0.3) is 0 Å². The number of aliphatic hydroxyl groups excluding tert-OH is 1. The Bertz CT molecular complexity index is 556. The van der Waals surface area contributed by atoms with Crippen LogP contribution in [0.3, 0.4) is 0 Å². The third-order valence-corrected chi connectivity index (χ3v) is 4.01. The number of hydrogen-bond donors (Lipinski definition) is 1. The Labute approximate surface area is 116 Å². The van der Waals surface area contributed by atoms with Gasteiger partial charge in [-0.2, -0.15) is 5.10 Å². The maximum Gasteiger partial charge on any atom is 0.136 e. The van der Waals surface area contributed by atoms with Gasteiger partial charge < -0.3 is 5.11 Å². The summed E-state index contributed by atoms with van der Waals surface area (Å²) < 4.78 is 15.2. The predicted octanol–water partition coefficient (Wildman–Crippen LogP) is 2.56. The number of nitrogens with zero attached hydrogens (tertiary/aromatic N) is 2. The number of halogens is 1. The topological polar surface area (TPSA) is 38.0 Å². The van der Waals surface area contributed by atoms with Crippen LogP contribution < -0.4 is 0 Å². The van der Waals surface area contributed by atoms with Crippen LogP contribution in [0.5, 0.6) is 0 Å². The molecule has 0 aliphatic heterocycles. The number of benzene rings is 1. The van der Waals surface area contributed by atoms with Gasteiger partial charge in [0.15, 0.2) is 0 Å². The summed E-state index contributed by atoms with van der Waals surface area (Å²) in [5, 5.41) is 14.2. The summed E-state index contributed by atoms with van der Waals surface area (Å²) in [6.45, 7) is 1.92. The van der Waals surface area contributed by atoms with Crippen LogP contribution in [0.25, 0.3) is 0 Å². The van der Waals surface area contributed by atoms with Crippen LogP contribution >= 0.6 is 11.8 Å². The molecule has 2 rings (SSSR count). The van der Waals surface area contributed by atoms with E-state index >= 15 is 0 Å². The van der Waals surface area contributed by atoms with Crippen LogP contribution in [0.1, 0.15) is 11.4 Å². The van der Waals surface area contributed by atoms with E-state index < -0.39 is 6.10 Å². The normalized spacial score (nSPS) is 12.6. The predicted molar refractivity (Wildman–Crippen MR) is 74.8 cm³/mol. The Morgan fingerprint density at radius 1 is 1.42 bits per heavy atom. The molecular formula is C14H17FN2OS. The fraction of sp³-hybridized carbons (Fsp3) is 0.357. The molecule has 19 heavy (non-hydrogen) atoms. The third kappa shape index (κ3) is 3.81. The highest BCUT2D eigenvalue weighted by Crippen LogP contribution is 2.22. The molecule has 0 spiro atoms. The molecule has 1 N–H and O–H groups in total. The zero-order valence-corrected chi connectivity index (χ0v) is 11.8. The molecule has 0 radical (unpaired) electrons. The van der Waals surface area contributed by atoms with Gasteiger partial charge in [0.2, 0.25) is 0 Å². The van der Waals surface area contributed by atoms with E-state index in [1.807, 2.05) is 20.0 Å². The van der Waals surface area contributed by atoms with Gasteiger partial charge in [0.05, 0.1) is 11.8 Å². The minimum Gasteiger partial charge on any atom is -0.392 e. The third-order valence-electron chi connectivity index (χ3n) is 2.81. The molecule has 0 aliphatic carbocycles. The molecule has 5 heteroatoms. The first-order chi connectivity index (χ1) is 9.06. The average Bonchev–Trinajstić information content (AvgIpc) is 2.67. The zero-order chi connectivity index (χ0) is 13.8. The molecule has 0 bridgehead atoms. The molecule has 0 saturated carbocycles. The van der Waals surface area contributed by atoms with Crippen molar-refractivity contribution in [2.75, 3.05) is 5.75 Å². The second-order valence-corrected chi connectivity index (χ2v) is 5.56. The van der Waals surface area contributed by atoms with Crippen molar-refractivity contribution in [3.05, 3.63) is 47.5 Å². The minimum atomic E-state index is -0.514. The summed E-state index contributed by atoms with van der Waals surface area (Å²) in [5.41, 5.74) is 1.92. The first-order valence-electron chi connectivity index (χ1n) is 6.11. The Kier molecular flexibility index (Phi) is 4.61. The molecule has 0 saturated heterocycles. The maximum atomic E-state index is 13.4. The lowest BCUT2D eigenvalue weighted by Gasteiger charge is -2.10. The number of aryl methyl sites for hydroxylation is 2. The van der Waals surface area contributed by atoms with Gasteiger partial charge in [-0.3, -0.25) is 4.68 Å². The van der Waals surface area contributed by atoms with Crippen molar-refractivity contribution in [2.45, 2.75) is 24.3 Å². The zero-order valence-electron chi connectivity index (χ0n) is 11.0. The van der Waals surface area contributed by atoms with Crippen molar-refractivity contribution in [2.24, 2.45) is 7.05 Å². The quantitative estimate of drug-likeness (QED) is 0.855. The molecule has 0 fully saturated rings. The van der Waals surface area contributed by atoms with Crippen molar-refractivity contribution in [3.63, 3.8) is 0 Å². The van der Waals surface area contributed by atoms with Gasteiger partial charge in [-0.05, 0) is 25.1 Å². The summed E-state index contributed by atoms with van der Waals surface area (Å²) >= 11 is 1.33. The molecule has 1 aromatic carbocycles. The van der Waals surface area contributed by atoms with E-state index in [0.717, 1.165) is 11.4 Å². The van der Waals surface area contributed by atoms with Crippen LogP contribution in [0.2, 0.25) is 0 Å². The second-order valence-electron chi connectivity index (χ2n) is 4.50. The molecule has 1 aromatic heterocycles. The molecule has 0 amide bonds. The van der Waals surface area contributed by atoms with Crippen LogP contribution in [-0.4, -0.2) is 26.7 Å². The minimum absolute atomic E-state index is 0.240. The highest BCUT2D eigenvalue weighted by Gasteiger charge is 2.11. The van der Waals surface area contributed by atoms with E-state index in [4.69, 9.17) is 0 Å². The van der Waals surface area contributed by atoms with Crippen molar-refractivity contribution >= 4 is 11.8 Å². The van der Waals surface area contributed by atoms with Gasteiger partial charge in [-0.25, -0.2) is 4.39 Å². The molecule has 1 unspecified atom stereocenters. The van der Waals surface area contributed by atoms with Crippen LogP contribution in [0.15, 0.2) is 35.2 Å². The maximum absolute atomic E-state index is 13.4. The van der Waals surface area contributed by atoms with Gasteiger partial charge in [-0.1, -0.05) is 12.1 Å². The van der Waals surface area contributed by atoms with E-state index in [2.05, 4.69) is 5.10 Å². The lowest BCUT2D eigenvalue weighted by atomic mass is 10.2. The number of aliphatic hydroxyl groups is 1. The van der Waals surface area contributed by atoms with E-state index in [0.29, 0.717) is 17.1 Å². The second kappa shape index (κ2) is 6.21. The lowest BCUT2D eigenvalue weighted by Crippen LogP contribution is -2.16. The van der Waals surface area contributed by atoms with Gasteiger partial charge >= 0.3 is 0 Å². The summed E-state index contributed by atoms with van der Waals surface area (Å²) in [6, 6.07) is 8.56. The first-order valence-corrected chi connectivity index (χ1v) is 7.09. The molecule has 0 aliphatic rings. The van der Waals surface area contributed by atoms with Gasteiger partial charge in [0, 0.05) is 29.8 Å². The number of hydrogen-bond acceptors (Lipinski definition) is 3. The highest BCUT2D eigenvalue weighted by atomic mass is 32.2. The average molecular weight is 280 g/mol. The fourth-order valence-electron chi connectivity index (χ4n) is 1.90. The number of aromatic nitrogens is 2. The van der Waals surface area contributed by atoms with Crippen molar-refractivity contribution in [1.82, 2.24) is 9.78 Å². The standard InChI is InChI=1S/C14H17FN2OS/c1-10-7-11(17(2)16-10)8-12(18)9-19-14-6-4-3-5-13(14)15/h3-7,12,18H,8-9H2,1-2H3. The Morgan fingerprint density at radius 2 is 2.16 bits per heavy atom.